The molecule has 0 aliphatic rings. The predicted molar refractivity (Wildman–Crippen MR) is 67.4 cm³/mol. The summed E-state index contributed by atoms with van der Waals surface area (Å²) in [4.78, 5) is 0. The summed E-state index contributed by atoms with van der Waals surface area (Å²) in [6, 6.07) is 0. The first kappa shape index (κ1) is 23.7. The molecular formula is C13H28W. The van der Waals surface area contributed by atoms with Gasteiger partial charge in [0.2, 0.25) is 0 Å². The molecule has 0 unspecified atom stereocenters. The van der Waals surface area contributed by atoms with Crippen LogP contribution in [0.5, 0.6) is 0 Å². The van der Waals surface area contributed by atoms with Crippen LogP contribution >= 0.6 is 0 Å². The Morgan fingerprint density at radius 2 is 1.21 bits per heavy atom. The van der Waals surface area contributed by atoms with E-state index in [1.165, 1.54) is 25.7 Å². The number of unbranched alkanes of at least 4 members (excludes halogenated alkanes) is 2. The summed E-state index contributed by atoms with van der Waals surface area (Å²) in [6.07, 6.45) is 13.3. The molecule has 0 bridgehead atoms. The van der Waals surface area contributed by atoms with Crippen molar-refractivity contribution in [3.63, 3.8) is 0 Å². The number of hydrogen-bond acceptors (Lipinski definition) is 0. The fourth-order valence-electron chi connectivity index (χ4n) is 0.354. The van der Waals surface area contributed by atoms with Gasteiger partial charge in [0, 0.05) is 0 Å². The zero-order chi connectivity index (χ0) is 12.4. The van der Waals surface area contributed by atoms with Crippen LogP contribution in [0.25, 0.3) is 0 Å². The van der Waals surface area contributed by atoms with E-state index in [4.69, 9.17) is 0 Å². The first-order valence-corrected chi connectivity index (χ1v) is 6.98. The molecule has 0 aliphatic heterocycles. The van der Waals surface area contributed by atoms with Crippen molar-refractivity contribution in [3.8, 4) is 12.8 Å². The second-order valence-electron chi connectivity index (χ2n) is 2.41. The van der Waals surface area contributed by atoms with Crippen LogP contribution < -0.4 is 0 Å². The molecule has 0 fully saturated rings. The van der Waals surface area contributed by atoms with E-state index in [2.05, 4.69) is 40.5 Å². The van der Waals surface area contributed by atoms with Crippen LogP contribution in [0.3, 0.4) is 0 Å². The average Bonchev–Trinajstić information content (AvgIpc) is 2.26. The number of rotatable bonds is 3. The van der Waals surface area contributed by atoms with Crippen LogP contribution in [0, 0.1) is 12.8 Å². The van der Waals surface area contributed by atoms with Gasteiger partial charge in [-0.15, -0.1) is 12.8 Å². The van der Waals surface area contributed by atoms with E-state index in [1.54, 1.807) is 23.3 Å². The van der Waals surface area contributed by atoms with Gasteiger partial charge in [0.05, 0.1) is 0 Å². The van der Waals surface area contributed by atoms with Crippen molar-refractivity contribution < 1.29 is 19.4 Å². The van der Waals surface area contributed by atoms with Gasteiger partial charge in [-0.1, -0.05) is 47.0 Å². The minimum atomic E-state index is 1.26. The van der Waals surface area contributed by atoms with Gasteiger partial charge in [-0.05, 0) is 0 Å². The van der Waals surface area contributed by atoms with Crippen molar-refractivity contribution in [3.05, 3.63) is 0 Å². The van der Waals surface area contributed by atoms with Crippen molar-refractivity contribution in [1.29, 1.82) is 0 Å². The van der Waals surface area contributed by atoms with Crippen molar-refractivity contribution in [1.82, 2.24) is 0 Å². The van der Waals surface area contributed by atoms with E-state index >= 15 is 0 Å². The normalized spacial score (nSPS) is 6.29. The van der Waals surface area contributed by atoms with E-state index in [0.717, 1.165) is 0 Å². The van der Waals surface area contributed by atoms with Gasteiger partial charge in [-0.25, -0.2) is 0 Å². The van der Waals surface area contributed by atoms with E-state index in [1.807, 2.05) is 13.8 Å². The molecule has 0 spiro atoms. The molecule has 0 aliphatic carbocycles. The fourth-order valence-corrected chi connectivity index (χ4v) is 0.354. The Balaban J connectivity index is -0.0000000528. The van der Waals surface area contributed by atoms with E-state index in [0.29, 0.717) is 0 Å². The number of hydrogen-bond donors (Lipinski definition) is 0. The van der Waals surface area contributed by atoms with Gasteiger partial charge in [0.15, 0.2) is 0 Å². The zero-order valence-corrected chi connectivity index (χ0v) is 13.8. The quantitative estimate of drug-likeness (QED) is 0.639. The first-order chi connectivity index (χ1) is 6.68. The molecule has 0 heterocycles. The molecule has 0 saturated heterocycles. The SMILES string of the molecule is C#C.CC.CCCCC.CC[C](C)=[W]. The van der Waals surface area contributed by atoms with Crippen molar-refractivity contribution >= 4 is 3.90 Å². The second-order valence-corrected chi connectivity index (χ2v) is 4.91. The van der Waals surface area contributed by atoms with E-state index in [9.17, 15) is 0 Å². The summed E-state index contributed by atoms with van der Waals surface area (Å²) in [5, 5.41) is 0. The Morgan fingerprint density at radius 3 is 1.21 bits per heavy atom. The molecule has 0 N–H and O–H groups in total. The van der Waals surface area contributed by atoms with Gasteiger partial charge in [0.25, 0.3) is 0 Å². The molecule has 86 valence electrons. The van der Waals surface area contributed by atoms with E-state index < -0.39 is 0 Å². The van der Waals surface area contributed by atoms with Gasteiger partial charge < -0.3 is 0 Å². The summed E-state index contributed by atoms with van der Waals surface area (Å²) in [7, 11) is 0. The molecule has 0 atom stereocenters. The van der Waals surface area contributed by atoms with Crippen molar-refractivity contribution in [2.75, 3.05) is 0 Å². The van der Waals surface area contributed by atoms with Crippen LogP contribution in [-0.2, 0) is 19.4 Å². The molecule has 0 aromatic rings. The van der Waals surface area contributed by atoms with Crippen LogP contribution in [0.1, 0.15) is 67.2 Å². The predicted octanol–water partition coefficient (Wildman–Crippen LogP) is 4.61. The maximum absolute atomic E-state index is 4.00. The molecule has 0 aromatic carbocycles. The molecule has 1 heteroatoms. The van der Waals surface area contributed by atoms with Gasteiger partial charge >= 0.3 is 43.5 Å². The van der Waals surface area contributed by atoms with Crippen molar-refractivity contribution in [2.24, 2.45) is 0 Å². The van der Waals surface area contributed by atoms with E-state index in [-0.39, 0.29) is 0 Å². The minimum absolute atomic E-state index is 1.26. The fraction of sp³-hybridized carbons (Fsp3) is 0.769. The summed E-state index contributed by atoms with van der Waals surface area (Å²) in [5.41, 5.74) is 0. The summed E-state index contributed by atoms with van der Waals surface area (Å²) in [6.45, 7) is 12.8. The Kier molecular flexibility index (Phi) is 64.4. The molecule has 0 saturated carbocycles. The third-order valence-electron chi connectivity index (χ3n) is 1.20. The third-order valence-corrected chi connectivity index (χ3v) is 2.24. The van der Waals surface area contributed by atoms with Crippen LogP contribution in [0.2, 0.25) is 0 Å². The Bertz CT molecular complexity index is 90.7. The van der Waals surface area contributed by atoms with Gasteiger partial charge in [-0.2, -0.15) is 0 Å². The topological polar surface area (TPSA) is 0 Å². The third kappa shape index (κ3) is 88.3. The summed E-state index contributed by atoms with van der Waals surface area (Å²) < 4.78 is 1.59. The Labute approximate surface area is 103 Å². The summed E-state index contributed by atoms with van der Waals surface area (Å²) in [5.74, 6) is 0. The molecule has 14 heavy (non-hydrogen) atoms. The molecule has 0 aromatic heterocycles. The number of terminal acetylenes is 1. The van der Waals surface area contributed by atoms with Crippen LogP contribution in [-0.4, -0.2) is 3.90 Å². The zero-order valence-electron chi connectivity index (χ0n) is 10.9. The summed E-state index contributed by atoms with van der Waals surface area (Å²) >= 11 is 1.63. The Hall–Kier alpha value is 0.118. The standard InChI is InChI=1S/C5H12.C4H8.C2H6.C2H2.W/c1-3-5-4-2;1-3-4-2;2*1-2;/h3-5H2,1-2H3;3H2,1-2H3;1-2H3;1-2H;. The second kappa shape index (κ2) is 38.0. The molecule has 0 radical (unpaired) electrons. The van der Waals surface area contributed by atoms with Gasteiger partial charge in [-0.3, -0.25) is 0 Å². The average molecular weight is 368 g/mol. The first-order valence-electron chi connectivity index (χ1n) is 5.51. The molecule has 0 amide bonds. The van der Waals surface area contributed by atoms with Crippen LogP contribution in [0.4, 0.5) is 0 Å². The molecule has 0 rings (SSSR count). The Morgan fingerprint density at radius 1 is 1.00 bits per heavy atom. The monoisotopic (exact) mass is 368 g/mol. The molecule has 0 nitrogen and oxygen atoms in total. The molecular weight excluding hydrogens is 340 g/mol. The van der Waals surface area contributed by atoms with Crippen LogP contribution in [0.15, 0.2) is 0 Å². The van der Waals surface area contributed by atoms with Crippen molar-refractivity contribution in [2.45, 2.75) is 67.2 Å². The van der Waals surface area contributed by atoms with Gasteiger partial charge in [0.1, 0.15) is 0 Å². The maximum atomic E-state index is 4.00.